The van der Waals surface area contributed by atoms with Gasteiger partial charge in [-0.15, -0.1) is 0 Å². The van der Waals surface area contributed by atoms with Crippen molar-refractivity contribution >= 4 is 39.0 Å². The number of halogens is 1. The number of nitriles is 1. The molecular weight excluding hydrogens is 538 g/mol. The molecule has 0 atom stereocenters. The maximum Gasteiger partial charge on any atom is 0.307 e. The fourth-order valence-corrected chi connectivity index (χ4v) is 4.16. The number of nitrogens with one attached hydrogen (secondary N) is 1. The zero-order chi connectivity index (χ0) is 26.2. The summed E-state index contributed by atoms with van der Waals surface area (Å²) in [5.74, 6) is 1.37. The highest BCUT2D eigenvalue weighted by molar-refractivity contribution is 9.10. The van der Waals surface area contributed by atoms with Crippen molar-refractivity contribution in [1.29, 1.82) is 5.26 Å². The summed E-state index contributed by atoms with van der Waals surface area (Å²) in [5, 5.41) is 14.1. The van der Waals surface area contributed by atoms with Crippen LogP contribution < -0.4 is 19.6 Å². The first-order chi connectivity index (χ1) is 18.0. The van der Waals surface area contributed by atoms with E-state index in [0.29, 0.717) is 51.6 Å². The minimum absolute atomic E-state index is 0.137. The normalized spacial score (nSPS) is 10.9. The van der Waals surface area contributed by atoms with E-state index in [9.17, 15) is 10.1 Å². The van der Waals surface area contributed by atoms with Crippen LogP contribution in [0.1, 0.15) is 41.1 Å². The molecule has 188 valence electrons. The van der Waals surface area contributed by atoms with Crippen LogP contribution in [0.25, 0.3) is 11.0 Å². The molecule has 0 bridgehead atoms. The predicted octanol–water partition coefficient (Wildman–Crippen LogP) is 6.21. The summed E-state index contributed by atoms with van der Waals surface area (Å²) in [5.41, 5.74) is 5.05. The molecule has 4 aromatic rings. The van der Waals surface area contributed by atoms with Gasteiger partial charge in [-0.3, -0.25) is 4.79 Å². The van der Waals surface area contributed by atoms with E-state index in [1.54, 1.807) is 36.4 Å². The molecule has 0 saturated carbocycles. The van der Waals surface area contributed by atoms with Gasteiger partial charge in [-0.1, -0.05) is 18.2 Å². The number of rotatable bonds is 10. The topological polar surface area (TPSA) is 106 Å². The number of benzene rings is 3. The minimum Gasteiger partial charge on any atom is -0.494 e. The number of carbonyl (C=O) groups excluding carboxylic acids is 1. The molecule has 0 spiro atoms. The zero-order valence-electron chi connectivity index (χ0n) is 20.3. The maximum absolute atomic E-state index is 12.6. The molecule has 0 radical (unpaired) electrons. The highest BCUT2D eigenvalue weighted by Crippen LogP contribution is 2.37. The van der Waals surface area contributed by atoms with Crippen LogP contribution in [-0.2, 0) is 6.61 Å². The van der Waals surface area contributed by atoms with Crippen LogP contribution in [0.5, 0.6) is 17.2 Å². The van der Waals surface area contributed by atoms with Gasteiger partial charge in [-0.2, -0.15) is 10.4 Å². The summed E-state index contributed by atoms with van der Waals surface area (Å²) < 4.78 is 23.5. The fourth-order valence-electron chi connectivity index (χ4n) is 3.58. The van der Waals surface area contributed by atoms with E-state index in [2.05, 4.69) is 32.5 Å². The largest absolute Gasteiger partial charge is 0.494 e. The highest BCUT2D eigenvalue weighted by atomic mass is 79.9. The average molecular weight is 562 g/mol. The van der Waals surface area contributed by atoms with E-state index in [1.807, 2.05) is 38.1 Å². The molecule has 4 rings (SSSR count). The third kappa shape index (κ3) is 6.29. The van der Waals surface area contributed by atoms with E-state index >= 15 is 0 Å². The van der Waals surface area contributed by atoms with Crippen LogP contribution in [0.4, 0.5) is 0 Å². The van der Waals surface area contributed by atoms with Gasteiger partial charge in [0.15, 0.2) is 17.3 Å². The van der Waals surface area contributed by atoms with Crippen LogP contribution in [0.15, 0.2) is 74.7 Å². The van der Waals surface area contributed by atoms with Gasteiger partial charge in [-0.25, -0.2) is 5.43 Å². The second-order valence-corrected chi connectivity index (χ2v) is 8.62. The molecule has 37 heavy (non-hydrogen) atoms. The number of furan rings is 1. The molecule has 1 heterocycles. The summed E-state index contributed by atoms with van der Waals surface area (Å²) >= 11 is 3.53. The molecule has 1 aromatic heterocycles. The van der Waals surface area contributed by atoms with Crippen molar-refractivity contribution in [2.24, 2.45) is 5.10 Å². The Morgan fingerprint density at radius 2 is 1.89 bits per heavy atom. The molecule has 3 aromatic carbocycles. The van der Waals surface area contributed by atoms with Gasteiger partial charge < -0.3 is 18.6 Å². The van der Waals surface area contributed by atoms with E-state index in [1.165, 1.54) is 6.21 Å². The van der Waals surface area contributed by atoms with Crippen LogP contribution in [-0.4, -0.2) is 25.3 Å². The Morgan fingerprint density at radius 1 is 1.08 bits per heavy atom. The molecular formula is C28H24BrN3O5. The molecule has 0 aliphatic carbocycles. The van der Waals surface area contributed by atoms with Crippen LogP contribution in [0.2, 0.25) is 0 Å². The highest BCUT2D eigenvalue weighted by Gasteiger charge is 2.15. The molecule has 0 fully saturated rings. The summed E-state index contributed by atoms with van der Waals surface area (Å²) in [7, 11) is 0. The van der Waals surface area contributed by atoms with Gasteiger partial charge in [0.1, 0.15) is 17.9 Å². The molecule has 8 nitrogen and oxygen atoms in total. The molecule has 0 unspecified atom stereocenters. The average Bonchev–Trinajstić information content (AvgIpc) is 3.32. The first kappa shape index (κ1) is 25.8. The van der Waals surface area contributed by atoms with Gasteiger partial charge in [0.2, 0.25) is 0 Å². The molecule has 1 N–H and O–H groups in total. The van der Waals surface area contributed by atoms with Crippen LogP contribution in [0, 0.1) is 11.3 Å². The lowest BCUT2D eigenvalue weighted by Crippen LogP contribution is -2.16. The smallest absolute Gasteiger partial charge is 0.307 e. The maximum atomic E-state index is 12.6. The molecule has 9 heteroatoms. The molecule has 0 saturated heterocycles. The number of fused-ring (bicyclic) bond motifs is 1. The number of hydrogen-bond donors (Lipinski definition) is 1. The molecule has 0 aliphatic rings. The van der Waals surface area contributed by atoms with E-state index in [4.69, 9.17) is 18.6 Å². The number of carbonyl (C=O) groups is 1. The lowest BCUT2D eigenvalue weighted by molar-refractivity contribution is 0.0929. The summed E-state index contributed by atoms with van der Waals surface area (Å²) in [6.45, 7) is 4.95. The number of ether oxygens (including phenoxy) is 3. The van der Waals surface area contributed by atoms with E-state index in [0.717, 1.165) is 10.9 Å². The predicted molar refractivity (Wildman–Crippen MR) is 143 cm³/mol. The first-order valence-corrected chi connectivity index (χ1v) is 12.4. The van der Waals surface area contributed by atoms with Gasteiger partial charge in [-0.05, 0) is 77.8 Å². The van der Waals surface area contributed by atoms with Crippen molar-refractivity contribution in [3.05, 3.63) is 87.6 Å². The molecule has 1 amide bonds. The molecule has 0 aliphatic heterocycles. The lowest BCUT2D eigenvalue weighted by Gasteiger charge is -2.15. The summed E-state index contributed by atoms with van der Waals surface area (Å²) in [4.78, 5) is 12.6. The summed E-state index contributed by atoms with van der Waals surface area (Å²) in [6, 6.07) is 20.0. The number of hydrogen-bond acceptors (Lipinski definition) is 7. The Morgan fingerprint density at radius 3 is 2.68 bits per heavy atom. The third-order valence-electron chi connectivity index (χ3n) is 5.24. The quantitative estimate of drug-likeness (QED) is 0.182. The number of hydrazone groups is 1. The zero-order valence-corrected chi connectivity index (χ0v) is 21.9. The van der Waals surface area contributed by atoms with Crippen molar-refractivity contribution in [3.63, 3.8) is 0 Å². The summed E-state index contributed by atoms with van der Waals surface area (Å²) in [6.07, 6.45) is 1.50. The van der Waals surface area contributed by atoms with Crippen LogP contribution in [0.3, 0.4) is 0 Å². The van der Waals surface area contributed by atoms with E-state index < -0.39 is 5.91 Å². The van der Waals surface area contributed by atoms with Gasteiger partial charge in [0.05, 0.1) is 35.5 Å². The standard InChI is InChI=1S/C28H24BrN3O5/c1-3-34-22-9-10-24-21(13-22)14-26(37-24)28(33)32-31-16-18-11-23(29)27(25(12-18)35-4-2)36-17-20-8-6-5-7-19(20)15-30/h5-14,16H,3-4,17H2,1-2H3,(H,32,33)/b31-16+. The van der Waals surface area contributed by atoms with Gasteiger partial charge >= 0.3 is 5.91 Å². The van der Waals surface area contributed by atoms with Crippen molar-refractivity contribution in [2.75, 3.05) is 13.2 Å². The minimum atomic E-state index is -0.481. The van der Waals surface area contributed by atoms with Gasteiger partial charge in [0, 0.05) is 10.9 Å². The Kier molecular flexibility index (Phi) is 8.44. The Bertz CT molecular complexity index is 1490. The van der Waals surface area contributed by atoms with Crippen molar-refractivity contribution in [1.82, 2.24) is 5.43 Å². The Labute approximate surface area is 222 Å². The second kappa shape index (κ2) is 12.1. The fraction of sp³-hybridized carbons (Fsp3) is 0.179. The Hall–Kier alpha value is -4.29. The number of amides is 1. The van der Waals surface area contributed by atoms with Crippen molar-refractivity contribution in [3.8, 4) is 23.3 Å². The van der Waals surface area contributed by atoms with Crippen molar-refractivity contribution in [2.45, 2.75) is 20.5 Å². The number of nitrogens with zero attached hydrogens (tertiary/aromatic N) is 2. The first-order valence-electron chi connectivity index (χ1n) is 11.6. The van der Waals surface area contributed by atoms with Crippen molar-refractivity contribution < 1.29 is 23.4 Å². The lowest BCUT2D eigenvalue weighted by atomic mass is 10.1. The monoisotopic (exact) mass is 561 g/mol. The second-order valence-electron chi connectivity index (χ2n) is 7.76. The van der Waals surface area contributed by atoms with E-state index in [-0.39, 0.29) is 12.4 Å². The SMILES string of the molecule is CCOc1ccc2oc(C(=O)N/N=C/c3cc(Br)c(OCc4ccccc4C#N)c(OCC)c3)cc2c1. The van der Waals surface area contributed by atoms with Gasteiger partial charge in [0.25, 0.3) is 0 Å². The third-order valence-corrected chi connectivity index (χ3v) is 5.83. The Balaban J connectivity index is 1.46. The van der Waals surface area contributed by atoms with Crippen LogP contribution >= 0.6 is 15.9 Å².